The molecule has 1 aromatic rings. The van der Waals surface area contributed by atoms with Crippen molar-refractivity contribution in [1.82, 2.24) is 0 Å². The van der Waals surface area contributed by atoms with Gasteiger partial charge in [-0.05, 0) is 48.8 Å². The number of anilines is 1. The zero-order chi connectivity index (χ0) is 15.4. The van der Waals surface area contributed by atoms with Gasteiger partial charge < -0.3 is 5.32 Å². The quantitative estimate of drug-likeness (QED) is 0.782. The van der Waals surface area contributed by atoms with Crippen LogP contribution in [0, 0.1) is 23.7 Å². The Labute approximate surface area is 131 Å². The lowest BCUT2D eigenvalue weighted by atomic mass is 9.70. The first-order valence-electron chi connectivity index (χ1n) is 7.55. The Balaban J connectivity index is 1.92. The van der Waals surface area contributed by atoms with E-state index >= 15 is 0 Å². The number of nitrogens with one attached hydrogen (secondary N) is 1. The van der Waals surface area contributed by atoms with Crippen LogP contribution in [-0.4, -0.2) is 5.78 Å². The van der Waals surface area contributed by atoms with Crippen LogP contribution in [0.2, 0.25) is 5.02 Å². The van der Waals surface area contributed by atoms with Crippen molar-refractivity contribution in [3.63, 3.8) is 0 Å². The highest BCUT2D eigenvalue weighted by Gasteiger charge is 2.63. The van der Waals surface area contributed by atoms with E-state index in [0.29, 0.717) is 16.7 Å². The van der Waals surface area contributed by atoms with E-state index in [4.69, 9.17) is 11.6 Å². The first-order valence-corrected chi connectivity index (χ1v) is 7.93. The number of hydrogen-bond donors (Lipinski definition) is 1. The Morgan fingerprint density at radius 3 is 2.67 bits per heavy atom. The molecular formula is C18H22ClNO. The highest BCUT2D eigenvalue weighted by atomic mass is 35.5. The number of hydrogen-bond acceptors (Lipinski definition) is 2. The molecule has 2 nitrogen and oxygen atoms in total. The second-order valence-corrected chi connectivity index (χ2v) is 7.61. The third-order valence-electron chi connectivity index (χ3n) is 5.87. The number of rotatable bonds is 2. The molecule has 3 heteroatoms. The number of allylic oxidation sites excluding steroid dienone is 1. The van der Waals surface area contributed by atoms with E-state index in [-0.39, 0.29) is 10.8 Å². The lowest BCUT2D eigenvalue weighted by Crippen LogP contribution is -2.32. The van der Waals surface area contributed by atoms with Crippen LogP contribution in [0.1, 0.15) is 39.2 Å². The van der Waals surface area contributed by atoms with Gasteiger partial charge in [0, 0.05) is 17.2 Å². The first-order chi connectivity index (χ1) is 9.77. The summed E-state index contributed by atoms with van der Waals surface area (Å²) in [5, 5.41) is 3.93. The van der Waals surface area contributed by atoms with E-state index in [1.807, 2.05) is 31.3 Å². The number of aryl methyl sites for hydroxylation is 1. The van der Waals surface area contributed by atoms with Crippen molar-refractivity contribution in [3.05, 3.63) is 40.6 Å². The second-order valence-electron chi connectivity index (χ2n) is 7.20. The molecule has 21 heavy (non-hydrogen) atoms. The summed E-state index contributed by atoms with van der Waals surface area (Å²) in [6, 6.07) is 5.86. The Hall–Kier alpha value is -1.28. The van der Waals surface area contributed by atoms with E-state index < -0.39 is 0 Å². The lowest BCUT2D eigenvalue weighted by molar-refractivity contribution is -0.125. The number of Topliss-reactive ketones (excluding diaryl/α,β-unsaturated/α-hetero) is 1. The molecule has 2 saturated carbocycles. The summed E-state index contributed by atoms with van der Waals surface area (Å²) >= 11 is 6.20. The van der Waals surface area contributed by atoms with Crippen LogP contribution in [0.5, 0.6) is 0 Å². The van der Waals surface area contributed by atoms with Crippen LogP contribution in [0.4, 0.5) is 5.69 Å². The molecule has 2 aliphatic carbocycles. The molecule has 0 heterocycles. The summed E-state index contributed by atoms with van der Waals surface area (Å²) in [7, 11) is 0. The number of ketones is 1. The minimum Gasteiger partial charge on any atom is -0.360 e. The minimum absolute atomic E-state index is 0.0496. The van der Waals surface area contributed by atoms with E-state index in [1.165, 1.54) is 0 Å². The number of carbonyl (C=O) groups excluding carboxylic acids is 1. The van der Waals surface area contributed by atoms with Gasteiger partial charge in [0.1, 0.15) is 0 Å². The zero-order valence-electron chi connectivity index (χ0n) is 13.1. The highest BCUT2D eigenvalue weighted by Crippen LogP contribution is 2.65. The van der Waals surface area contributed by atoms with Crippen molar-refractivity contribution in [3.8, 4) is 0 Å². The zero-order valence-corrected chi connectivity index (χ0v) is 13.8. The van der Waals surface area contributed by atoms with Gasteiger partial charge in [-0.1, -0.05) is 38.4 Å². The summed E-state index contributed by atoms with van der Waals surface area (Å²) in [5.74, 6) is 0.658. The van der Waals surface area contributed by atoms with Gasteiger partial charge in [-0.2, -0.15) is 0 Å². The van der Waals surface area contributed by atoms with Gasteiger partial charge in [0.05, 0.1) is 10.7 Å². The third-order valence-corrected chi connectivity index (χ3v) is 6.20. The van der Waals surface area contributed by atoms with Crippen LogP contribution in [0.15, 0.2) is 30.0 Å². The van der Waals surface area contributed by atoms with Crippen molar-refractivity contribution in [1.29, 1.82) is 0 Å². The SMILES string of the molecule is Cc1ccc(Cl)c(N/C=C2\C(=O)[C@]3(C)CC[C@@H]2C3(C)C)c1. The standard InChI is InChI=1S/C18H22ClNO/c1-11-5-6-14(19)15(9-11)20-10-12-13-7-8-18(4,16(12)21)17(13,2)3/h5-6,9-10,13,20H,7-8H2,1-4H3/b12-10-/t13-,18-/m0/s1. The van der Waals surface area contributed by atoms with Crippen molar-refractivity contribution >= 4 is 23.1 Å². The molecular weight excluding hydrogens is 282 g/mol. The molecule has 0 spiro atoms. The van der Waals surface area contributed by atoms with Gasteiger partial charge in [-0.15, -0.1) is 0 Å². The van der Waals surface area contributed by atoms with Gasteiger partial charge in [0.25, 0.3) is 0 Å². The monoisotopic (exact) mass is 303 g/mol. The van der Waals surface area contributed by atoms with Crippen LogP contribution < -0.4 is 5.32 Å². The summed E-state index contributed by atoms with van der Waals surface area (Å²) in [5.41, 5.74) is 2.79. The maximum atomic E-state index is 12.7. The molecule has 2 aliphatic rings. The predicted octanol–water partition coefficient (Wildman–Crippen LogP) is 4.97. The summed E-state index contributed by atoms with van der Waals surface area (Å²) in [4.78, 5) is 12.7. The minimum atomic E-state index is -0.207. The molecule has 0 amide bonds. The smallest absolute Gasteiger partial charge is 0.167 e. The number of fused-ring (bicyclic) bond motifs is 2. The predicted molar refractivity (Wildman–Crippen MR) is 87.5 cm³/mol. The average molecular weight is 304 g/mol. The molecule has 3 rings (SSSR count). The molecule has 0 saturated heterocycles. The van der Waals surface area contributed by atoms with Crippen LogP contribution in [0.3, 0.4) is 0 Å². The number of carbonyl (C=O) groups is 1. The maximum Gasteiger partial charge on any atom is 0.167 e. The molecule has 1 N–H and O–H groups in total. The van der Waals surface area contributed by atoms with Gasteiger partial charge in [0.2, 0.25) is 0 Å². The Morgan fingerprint density at radius 1 is 1.33 bits per heavy atom. The van der Waals surface area contributed by atoms with E-state index in [0.717, 1.165) is 29.7 Å². The van der Waals surface area contributed by atoms with Crippen LogP contribution in [-0.2, 0) is 4.79 Å². The molecule has 112 valence electrons. The molecule has 2 fully saturated rings. The first kappa shape index (κ1) is 14.6. The molecule has 0 aromatic heterocycles. The fourth-order valence-electron chi connectivity index (χ4n) is 4.00. The molecule has 0 aliphatic heterocycles. The van der Waals surface area contributed by atoms with E-state index in [2.05, 4.69) is 26.1 Å². The van der Waals surface area contributed by atoms with Gasteiger partial charge in [0.15, 0.2) is 5.78 Å². The Morgan fingerprint density at radius 2 is 2.05 bits per heavy atom. The fourth-order valence-corrected chi connectivity index (χ4v) is 4.17. The fraction of sp³-hybridized carbons (Fsp3) is 0.500. The third kappa shape index (κ3) is 1.96. The second kappa shape index (κ2) is 4.61. The van der Waals surface area contributed by atoms with E-state index in [9.17, 15) is 4.79 Å². The van der Waals surface area contributed by atoms with Gasteiger partial charge >= 0.3 is 0 Å². The van der Waals surface area contributed by atoms with Crippen molar-refractivity contribution < 1.29 is 4.79 Å². The van der Waals surface area contributed by atoms with Crippen molar-refractivity contribution in [2.75, 3.05) is 5.32 Å². The van der Waals surface area contributed by atoms with E-state index in [1.54, 1.807) is 0 Å². The number of halogens is 1. The number of benzene rings is 1. The summed E-state index contributed by atoms with van der Waals surface area (Å²) in [6.07, 6.45) is 4.00. The maximum absolute atomic E-state index is 12.7. The Bertz CT molecular complexity index is 647. The highest BCUT2D eigenvalue weighted by molar-refractivity contribution is 6.33. The summed E-state index contributed by atoms with van der Waals surface area (Å²) < 4.78 is 0. The molecule has 2 bridgehead atoms. The van der Waals surface area contributed by atoms with Gasteiger partial charge in [-0.25, -0.2) is 0 Å². The van der Waals surface area contributed by atoms with Crippen molar-refractivity contribution in [2.45, 2.75) is 40.5 Å². The Kier molecular flexibility index (Phi) is 3.21. The topological polar surface area (TPSA) is 29.1 Å². The molecule has 2 atom stereocenters. The van der Waals surface area contributed by atoms with Crippen molar-refractivity contribution in [2.24, 2.45) is 16.7 Å². The normalized spacial score (nSPS) is 32.0. The van der Waals surface area contributed by atoms with Gasteiger partial charge in [-0.3, -0.25) is 4.79 Å². The summed E-state index contributed by atoms with van der Waals surface area (Å²) in [6.45, 7) is 8.60. The average Bonchev–Trinajstić information content (AvgIpc) is 2.73. The lowest BCUT2D eigenvalue weighted by Gasteiger charge is -2.31. The van der Waals surface area contributed by atoms with Crippen LogP contribution in [0.25, 0.3) is 0 Å². The molecule has 0 radical (unpaired) electrons. The molecule has 0 unspecified atom stereocenters. The molecule has 1 aromatic carbocycles. The largest absolute Gasteiger partial charge is 0.360 e. The van der Waals surface area contributed by atoms with Crippen LogP contribution >= 0.6 is 11.6 Å².